The fraction of sp³-hybridized carbons (Fsp3) is 0.241. The molecule has 192 valence electrons. The Balaban J connectivity index is 0.00000320. The van der Waals surface area contributed by atoms with Crippen LogP contribution in [-0.4, -0.2) is 34.6 Å². The fourth-order valence-corrected chi connectivity index (χ4v) is 4.48. The molecule has 0 fully saturated rings. The molecule has 7 nitrogen and oxygen atoms in total. The third kappa shape index (κ3) is 5.01. The van der Waals surface area contributed by atoms with Crippen molar-refractivity contribution >= 4 is 0 Å². The van der Waals surface area contributed by atoms with Crippen LogP contribution >= 0.6 is 0 Å². The van der Waals surface area contributed by atoms with Crippen LogP contribution in [0.3, 0.4) is 0 Å². The number of para-hydroxylation sites is 3. The molecule has 2 aromatic heterocycles. The molecule has 8 heteroatoms. The number of hydrogen-bond donors (Lipinski definition) is 1. The van der Waals surface area contributed by atoms with Gasteiger partial charge in [-0.05, 0) is 42.0 Å². The zero-order chi connectivity index (χ0) is 25.4. The van der Waals surface area contributed by atoms with Crippen molar-refractivity contribution in [1.29, 1.82) is 0 Å². The van der Waals surface area contributed by atoms with Crippen LogP contribution in [0.4, 0.5) is 0 Å². The molecule has 0 radical (unpaired) electrons. The van der Waals surface area contributed by atoms with E-state index in [2.05, 4.69) is 76.8 Å². The molecule has 0 aliphatic carbocycles. The number of phenols is 1. The molecule has 0 saturated carbocycles. The summed E-state index contributed by atoms with van der Waals surface area (Å²) in [6.07, 6.45) is 1.78. The van der Waals surface area contributed by atoms with E-state index in [9.17, 15) is 5.11 Å². The molecule has 5 rings (SSSR count). The maximum absolute atomic E-state index is 10.3. The Kier molecular flexibility index (Phi) is 7.74. The summed E-state index contributed by atoms with van der Waals surface area (Å²) in [4.78, 5) is 4.64. The van der Waals surface area contributed by atoms with E-state index in [4.69, 9.17) is 0 Å². The second kappa shape index (κ2) is 10.8. The molecule has 0 spiro atoms. The molecule has 0 unspecified atom stereocenters. The van der Waals surface area contributed by atoms with E-state index in [1.54, 1.807) is 23.1 Å². The zero-order valence-corrected chi connectivity index (χ0v) is 23.7. The Morgan fingerprint density at radius 2 is 1.49 bits per heavy atom. The second-order valence-electron chi connectivity index (χ2n) is 9.48. The summed E-state index contributed by atoms with van der Waals surface area (Å²) in [5, 5.41) is 23.7. The number of benzene rings is 3. The van der Waals surface area contributed by atoms with Crippen LogP contribution in [0.5, 0.6) is 5.75 Å². The van der Waals surface area contributed by atoms with E-state index >= 15 is 0 Å². The SMILES string of the molecule is Cc1nc(-c2[c-]c(-c3nncn3-c3c(C(C)C)cccc3C(C)C)ccc2)nn1-c1ccccc1O.[Pt]. The number of aromatic hydroxyl groups is 1. The largest absolute Gasteiger partial charge is 0.506 e. The van der Waals surface area contributed by atoms with Crippen molar-refractivity contribution in [2.75, 3.05) is 0 Å². The van der Waals surface area contributed by atoms with Crippen molar-refractivity contribution in [2.24, 2.45) is 0 Å². The van der Waals surface area contributed by atoms with Crippen LogP contribution in [0, 0.1) is 13.0 Å². The summed E-state index contributed by atoms with van der Waals surface area (Å²) in [7, 11) is 0. The van der Waals surface area contributed by atoms with Gasteiger partial charge >= 0.3 is 0 Å². The molecular formula is C29H29N6OPt-. The van der Waals surface area contributed by atoms with Gasteiger partial charge in [-0.2, -0.15) is 10.2 Å². The first kappa shape index (κ1) is 26.5. The van der Waals surface area contributed by atoms with Crippen LogP contribution in [0.15, 0.2) is 67.0 Å². The van der Waals surface area contributed by atoms with Gasteiger partial charge in [-0.25, -0.2) is 4.68 Å². The number of aryl methyl sites for hydroxylation is 1. The van der Waals surface area contributed by atoms with Gasteiger partial charge in [0.25, 0.3) is 0 Å². The topological polar surface area (TPSA) is 81.7 Å². The second-order valence-corrected chi connectivity index (χ2v) is 9.48. The number of aromatic nitrogens is 6. The van der Waals surface area contributed by atoms with Gasteiger partial charge in [0, 0.05) is 26.8 Å². The first-order valence-electron chi connectivity index (χ1n) is 12.1. The van der Waals surface area contributed by atoms with Crippen molar-refractivity contribution in [1.82, 2.24) is 29.5 Å². The van der Waals surface area contributed by atoms with E-state index in [1.807, 2.05) is 37.3 Å². The molecule has 0 aliphatic heterocycles. The maximum Gasteiger partial charge on any atom is 0.141 e. The summed E-state index contributed by atoms with van der Waals surface area (Å²) < 4.78 is 3.71. The Morgan fingerprint density at radius 1 is 0.838 bits per heavy atom. The minimum Gasteiger partial charge on any atom is -0.506 e. The average Bonchev–Trinajstić information content (AvgIpc) is 3.51. The van der Waals surface area contributed by atoms with Gasteiger partial charge in [0.2, 0.25) is 0 Å². The minimum absolute atomic E-state index is 0. The summed E-state index contributed by atoms with van der Waals surface area (Å²) in [5.41, 5.74) is 5.74. The quantitative estimate of drug-likeness (QED) is 0.216. The normalized spacial score (nSPS) is 11.2. The van der Waals surface area contributed by atoms with Crippen LogP contribution in [0.2, 0.25) is 0 Å². The molecule has 2 heterocycles. The van der Waals surface area contributed by atoms with E-state index in [0.29, 0.717) is 35.0 Å². The fourth-order valence-electron chi connectivity index (χ4n) is 4.48. The molecule has 1 N–H and O–H groups in total. The van der Waals surface area contributed by atoms with Gasteiger partial charge in [-0.15, -0.1) is 29.4 Å². The molecule has 0 aliphatic rings. The van der Waals surface area contributed by atoms with Crippen molar-refractivity contribution in [3.63, 3.8) is 0 Å². The molecular weight excluding hydrogens is 643 g/mol. The first-order chi connectivity index (χ1) is 17.3. The van der Waals surface area contributed by atoms with Gasteiger partial charge in [0.05, 0.1) is 0 Å². The van der Waals surface area contributed by atoms with Crippen molar-refractivity contribution in [2.45, 2.75) is 46.5 Å². The van der Waals surface area contributed by atoms with E-state index < -0.39 is 0 Å². The van der Waals surface area contributed by atoms with Crippen molar-refractivity contribution in [3.05, 3.63) is 90.0 Å². The Labute approximate surface area is 231 Å². The predicted octanol–water partition coefficient (Wildman–Crippen LogP) is 6.24. The Morgan fingerprint density at radius 3 is 2.16 bits per heavy atom. The monoisotopic (exact) mass is 672 g/mol. The van der Waals surface area contributed by atoms with Crippen LogP contribution < -0.4 is 0 Å². The first-order valence-corrected chi connectivity index (χ1v) is 12.1. The van der Waals surface area contributed by atoms with Crippen LogP contribution in [0.1, 0.15) is 56.5 Å². The smallest absolute Gasteiger partial charge is 0.141 e. The summed E-state index contributed by atoms with van der Waals surface area (Å²) in [5.74, 6) is 2.73. The van der Waals surface area contributed by atoms with Crippen LogP contribution in [0.25, 0.3) is 34.2 Å². The van der Waals surface area contributed by atoms with E-state index in [1.165, 1.54) is 11.1 Å². The minimum atomic E-state index is 0. The summed E-state index contributed by atoms with van der Waals surface area (Å²) >= 11 is 0. The third-order valence-corrected chi connectivity index (χ3v) is 6.29. The molecule has 0 amide bonds. The summed E-state index contributed by atoms with van der Waals surface area (Å²) in [6.45, 7) is 10.7. The van der Waals surface area contributed by atoms with Gasteiger partial charge in [-0.3, -0.25) is 4.98 Å². The van der Waals surface area contributed by atoms with Gasteiger partial charge in [-0.1, -0.05) is 69.2 Å². The molecule has 3 aromatic carbocycles. The standard InChI is InChI=1S/C29H29N6O.Pt/c1-18(2)23-12-9-13-24(19(3)4)27(23)34-17-30-32-29(34)22-11-8-10-21(16-22)28-31-20(5)35(33-28)25-14-6-7-15-26(25)36;/h6-15,17-19,36H,1-5H3;/q-1;. The summed E-state index contributed by atoms with van der Waals surface area (Å²) in [6, 6.07) is 22.9. The van der Waals surface area contributed by atoms with Crippen molar-refractivity contribution in [3.8, 4) is 39.9 Å². The van der Waals surface area contributed by atoms with Crippen molar-refractivity contribution < 1.29 is 26.2 Å². The number of rotatable bonds is 6. The number of phenolic OH excluding ortho intramolecular Hbond substituents is 1. The molecule has 37 heavy (non-hydrogen) atoms. The number of nitrogens with zero attached hydrogens (tertiary/aromatic N) is 6. The maximum atomic E-state index is 10.3. The molecule has 0 saturated heterocycles. The van der Waals surface area contributed by atoms with E-state index in [-0.39, 0.29) is 26.8 Å². The van der Waals surface area contributed by atoms with Gasteiger partial charge in [0.1, 0.15) is 35.2 Å². The molecule has 5 aromatic rings. The number of hydrogen-bond acceptors (Lipinski definition) is 5. The average molecular weight is 673 g/mol. The van der Waals surface area contributed by atoms with Gasteiger partial charge < -0.3 is 9.67 Å². The molecule has 0 atom stereocenters. The Hall–Kier alpha value is -3.57. The molecule has 0 bridgehead atoms. The predicted molar refractivity (Wildman–Crippen MR) is 141 cm³/mol. The zero-order valence-electron chi connectivity index (χ0n) is 21.5. The van der Waals surface area contributed by atoms with E-state index in [0.717, 1.165) is 16.8 Å². The Bertz CT molecular complexity index is 1510. The van der Waals surface area contributed by atoms with Crippen LogP contribution in [-0.2, 0) is 21.1 Å². The third-order valence-electron chi connectivity index (χ3n) is 6.29. The van der Waals surface area contributed by atoms with Gasteiger partial charge in [0.15, 0.2) is 0 Å².